The van der Waals surface area contributed by atoms with E-state index in [1.54, 1.807) is 0 Å². The maximum atomic E-state index is 12.1. The molecule has 164 valence electrons. The number of aliphatic carboxylic acids is 1. The molecular weight excluding hydrogens is 400 g/mol. The summed E-state index contributed by atoms with van der Waals surface area (Å²) < 4.78 is 5.43. The Morgan fingerprint density at radius 2 is 1.55 bits per heavy atom. The van der Waals surface area contributed by atoms with Crippen LogP contribution in [0.3, 0.4) is 0 Å². The highest BCUT2D eigenvalue weighted by Crippen LogP contribution is 2.44. The van der Waals surface area contributed by atoms with E-state index in [-0.39, 0.29) is 44.4 Å². The summed E-state index contributed by atoms with van der Waals surface area (Å²) in [4.78, 5) is 34.2. The molecule has 0 radical (unpaired) electrons. The Kier molecular flexibility index (Phi) is 7.61. The van der Waals surface area contributed by atoms with Crippen molar-refractivity contribution in [1.29, 1.82) is 0 Å². The molecule has 1 aliphatic rings. The molecule has 2 amide bonds. The van der Waals surface area contributed by atoms with Crippen LogP contribution < -0.4 is 10.6 Å². The zero-order valence-corrected chi connectivity index (χ0v) is 17.0. The Bertz CT molecular complexity index is 900. The first-order valence-electron chi connectivity index (χ1n) is 10.2. The molecule has 0 heterocycles. The Morgan fingerprint density at radius 3 is 2.16 bits per heavy atom. The van der Waals surface area contributed by atoms with E-state index in [9.17, 15) is 14.4 Å². The van der Waals surface area contributed by atoms with Crippen LogP contribution in [0.2, 0.25) is 0 Å². The predicted molar refractivity (Wildman–Crippen MR) is 114 cm³/mol. The second-order valence-electron chi connectivity index (χ2n) is 7.35. The molecule has 4 N–H and O–H groups in total. The molecule has 0 saturated carbocycles. The molecule has 0 saturated heterocycles. The van der Waals surface area contributed by atoms with Crippen LogP contribution in [0.5, 0.6) is 0 Å². The lowest BCUT2D eigenvalue weighted by molar-refractivity contribution is -0.147. The van der Waals surface area contributed by atoms with Crippen LogP contribution in [0.15, 0.2) is 48.5 Å². The third kappa shape index (κ3) is 5.82. The maximum Gasteiger partial charge on any atom is 0.407 e. The average Bonchev–Trinajstić information content (AvgIpc) is 3.09. The van der Waals surface area contributed by atoms with Gasteiger partial charge in [0.15, 0.2) is 6.10 Å². The van der Waals surface area contributed by atoms with Gasteiger partial charge in [-0.25, -0.2) is 9.59 Å². The van der Waals surface area contributed by atoms with E-state index in [2.05, 4.69) is 34.9 Å². The van der Waals surface area contributed by atoms with E-state index in [4.69, 9.17) is 14.9 Å². The fourth-order valence-corrected chi connectivity index (χ4v) is 3.65. The van der Waals surface area contributed by atoms with Crippen molar-refractivity contribution < 1.29 is 29.3 Å². The minimum atomic E-state index is -1.49. The van der Waals surface area contributed by atoms with Crippen molar-refractivity contribution in [3.63, 3.8) is 0 Å². The number of aliphatic hydroxyl groups is 1. The largest absolute Gasteiger partial charge is 0.479 e. The van der Waals surface area contributed by atoms with Crippen molar-refractivity contribution in [3.05, 3.63) is 59.7 Å². The van der Waals surface area contributed by atoms with E-state index in [0.717, 1.165) is 22.3 Å². The molecule has 0 spiro atoms. The normalized spacial score (nSPS) is 13.1. The van der Waals surface area contributed by atoms with E-state index in [1.165, 1.54) is 0 Å². The molecule has 0 bridgehead atoms. The molecule has 1 aliphatic carbocycles. The molecule has 3 rings (SSSR count). The van der Waals surface area contributed by atoms with Gasteiger partial charge in [-0.15, -0.1) is 0 Å². The standard InChI is InChI=1S/C23H26N2O6/c26-20(22(28)29)11-13-24-21(27)10-5-12-25-23(30)31-14-19-17-8-3-1-6-15(17)16-7-2-4-9-18(16)19/h1-4,6-9,19-20,26H,5,10-14H2,(H,24,27)(H,25,30)(H,28,29). The van der Waals surface area contributed by atoms with Crippen molar-refractivity contribution >= 4 is 18.0 Å². The van der Waals surface area contributed by atoms with Crippen molar-refractivity contribution in [2.75, 3.05) is 19.7 Å². The third-order valence-electron chi connectivity index (χ3n) is 5.22. The van der Waals surface area contributed by atoms with Gasteiger partial charge in [0.05, 0.1) is 0 Å². The molecule has 31 heavy (non-hydrogen) atoms. The van der Waals surface area contributed by atoms with Crippen molar-refractivity contribution in [2.24, 2.45) is 0 Å². The van der Waals surface area contributed by atoms with Gasteiger partial charge < -0.3 is 25.6 Å². The maximum absolute atomic E-state index is 12.1. The summed E-state index contributed by atoms with van der Waals surface area (Å²) in [6.45, 7) is 0.584. The van der Waals surface area contributed by atoms with Crippen LogP contribution in [0, 0.1) is 0 Å². The van der Waals surface area contributed by atoms with Crippen LogP contribution >= 0.6 is 0 Å². The van der Waals surface area contributed by atoms with Gasteiger partial charge in [0.1, 0.15) is 6.61 Å². The lowest BCUT2D eigenvalue weighted by Gasteiger charge is -2.14. The molecule has 2 aromatic rings. The quantitative estimate of drug-likeness (QED) is 0.432. The number of aliphatic hydroxyl groups excluding tert-OH is 1. The summed E-state index contributed by atoms with van der Waals surface area (Å²) in [6, 6.07) is 16.2. The number of rotatable bonds is 10. The monoisotopic (exact) mass is 426 g/mol. The van der Waals surface area contributed by atoms with Crippen LogP contribution in [0.1, 0.15) is 36.3 Å². The third-order valence-corrected chi connectivity index (χ3v) is 5.22. The highest BCUT2D eigenvalue weighted by Gasteiger charge is 2.28. The number of carbonyl (C=O) groups is 3. The topological polar surface area (TPSA) is 125 Å². The van der Waals surface area contributed by atoms with Gasteiger partial charge in [0.2, 0.25) is 5.91 Å². The number of carbonyl (C=O) groups excluding carboxylic acids is 2. The number of alkyl carbamates (subject to hydrolysis) is 1. The van der Waals surface area contributed by atoms with Gasteiger partial charge in [0, 0.05) is 31.8 Å². The van der Waals surface area contributed by atoms with Crippen LogP contribution in [-0.2, 0) is 14.3 Å². The van der Waals surface area contributed by atoms with Gasteiger partial charge in [-0.3, -0.25) is 4.79 Å². The lowest BCUT2D eigenvalue weighted by Crippen LogP contribution is -2.31. The summed E-state index contributed by atoms with van der Waals surface area (Å²) in [7, 11) is 0. The first-order chi connectivity index (χ1) is 15.0. The van der Waals surface area contributed by atoms with Crippen LogP contribution in [0.4, 0.5) is 4.79 Å². The minimum Gasteiger partial charge on any atom is -0.479 e. The zero-order valence-electron chi connectivity index (χ0n) is 17.0. The molecule has 8 heteroatoms. The highest BCUT2D eigenvalue weighted by atomic mass is 16.5. The van der Waals surface area contributed by atoms with E-state index >= 15 is 0 Å². The number of amides is 2. The Balaban J connectivity index is 1.37. The molecule has 1 atom stereocenters. The molecule has 1 unspecified atom stereocenters. The van der Waals surface area contributed by atoms with Gasteiger partial charge in [0.25, 0.3) is 0 Å². The molecule has 0 fully saturated rings. The summed E-state index contributed by atoms with van der Waals surface area (Å²) in [5, 5.41) is 22.9. The van der Waals surface area contributed by atoms with Crippen molar-refractivity contribution in [1.82, 2.24) is 10.6 Å². The first kappa shape index (κ1) is 22.3. The van der Waals surface area contributed by atoms with E-state index < -0.39 is 18.2 Å². The Morgan fingerprint density at radius 1 is 0.935 bits per heavy atom. The number of hydrogen-bond acceptors (Lipinski definition) is 5. The van der Waals surface area contributed by atoms with Crippen LogP contribution in [0.25, 0.3) is 11.1 Å². The van der Waals surface area contributed by atoms with E-state index in [1.807, 2.05) is 24.3 Å². The van der Waals surface area contributed by atoms with Gasteiger partial charge in [-0.2, -0.15) is 0 Å². The second-order valence-corrected chi connectivity index (χ2v) is 7.35. The first-order valence-corrected chi connectivity index (χ1v) is 10.2. The van der Waals surface area contributed by atoms with Crippen molar-refractivity contribution in [2.45, 2.75) is 31.3 Å². The summed E-state index contributed by atoms with van der Waals surface area (Å²) >= 11 is 0. The second kappa shape index (κ2) is 10.6. The van der Waals surface area contributed by atoms with Crippen LogP contribution in [-0.4, -0.2) is 54.0 Å². The molecule has 0 aliphatic heterocycles. The minimum absolute atomic E-state index is 0.00918. The number of nitrogens with one attached hydrogen (secondary N) is 2. The van der Waals surface area contributed by atoms with E-state index in [0.29, 0.717) is 6.42 Å². The van der Waals surface area contributed by atoms with Gasteiger partial charge >= 0.3 is 12.1 Å². The lowest BCUT2D eigenvalue weighted by atomic mass is 9.98. The number of fused-ring (bicyclic) bond motifs is 3. The number of benzene rings is 2. The number of carboxylic acid groups (broad SMARTS) is 1. The number of hydrogen-bond donors (Lipinski definition) is 4. The highest BCUT2D eigenvalue weighted by molar-refractivity contribution is 5.79. The summed E-state index contributed by atoms with van der Waals surface area (Å²) in [5.41, 5.74) is 4.60. The smallest absolute Gasteiger partial charge is 0.407 e. The summed E-state index contributed by atoms with van der Waals surface area (Å²) in [6.07, 6.45) is -1.49. The Hall–Kier alpha value is -3.39. The summed E-state index contributed by atoms with van der Waals surface area (Å²) in [5.74, 6) is -1.60. The number of ether oxygens (including phenoxy) is 1. The van der Waals surface area contributed by atoms with Gasteiger partial charge in [-0.1, -0.05) is 48.5 Å². The Labute approximate surface area is 180 Å². The number of carboxylic acids is 1. The molecular formula is C23H26N2O6. The zero-order chi connectivity index (χ0) is 22.2. The van der Waals surface area contributed by atoms with Crippen molar-refractivity contribution in [3.8, 4) is 11.1 Å². The predicted octanol–water partition coefficient (Wildman–Crippen LogP) is 2.26. The molecule has 0 aromatic heterocycles. The molecule has 2 aromatic carbocycles. The molecule has 8 nitrogen and oxygen atoms in total. The van der Waals surface area contributed by atoms with Gasteiger partial charge in [-0.05, 0) is 28.7 Å². The fraction of sp³-hybridized carbons (Fsp3) is 0.348. The average molecular weight is 426 g/mol. The fourth-order valence-electron chi connectivity index (χ4n) is 3.65. The SMILES string of the molecule is O=C(CCCNC(=O)OCC1c2ccccc2-c2ccccc21)NCCC(O)C(=O)O.